The van der Waals surface area contributed by atoms with Crippen LogP contribution in [0.15, 0.2) is 28.6 Å². The van der Waals surface area contributed by atoms with E-state index in [1.807, 2.05) is 0 Å². The number of thioether (sulfide) groups is 1. The van der Waals surface area contributed by atoms with Crippen LogP contribution in [0.25, 0.3) is 0 Å². The number of hydrogen-bond acceptors (Lipinski definition) is 7. The molecule has 0 saturated heterocycles. The molecule has 3 N–H and O–H groups in total. The summed E-state index contributed by atoms with van der Waals surface area (Å²) in [6, 6.07) is 4.92. The number of rotatable bonds is 7. The minimum absolute atomic E-state index is 0.00348. The fraction of sp³-hybridized carbons (Fsp3) is 0.333. The van der Waals surface area contributed by atoms with Crippen molar-refractivity contribution in [2.24, 2.45) is 5.92 Å². The summed E-state index contributed by atoms with van der Waals surface area (Å²) in [7, 11) is 0. The molecular weight excluding hydrogens is 365 g/mol. The molecule has 0 spiro atoms. The Hall–Kier alpha value is -2.20. The number of hydrogen-bond donors (Lipinski definition) is 3. The van der Waals surface area contributed by atoms with Crippen molar-refractivity contribution in [3.63, 3.8) is 0 Å². The van der Waals surface area contributed by atoms with Gasteiger partial charge in [0, 0.05) is 6.54 Å². The van der Waals surface area contributed by atoms with E-state index >= 15 is 0 Å². The van der Waals surface area contributed by atoms with Gasteiger partial charge in [-0.05, 0) is 18.1 Å². The first kappa shape index (κ1) is 19.1. The molecule has 10 heteroatoms. The zero-order valence-electron chi connectivity index (χ0n) is 13.7. The molecule has 0 aliphatic heterocycles. The second kappa shape index (κ2) is 9.33. The molecule has 0 atom stereocenters. The third-order valence-electron chi connectivity index (χ3n) is 2.77. The largest absolute Gasteiger partial charge is 0.360 e. The fourth-order valence-electron chi connectivity index (χ4n) is 1.64. The van der Waals surface area contributed by atoms with Crippen molar-refractivity contribution in [3.05, 3.63) is 30.1 Å². The first-order valence-corrected chi connectivity index (χ1v) is 9.29. The van der Waals surface area contributed by atoms with Gasteiger partial charge in [0.1, 0.15) is 5.82 Å². The molecule has 1 aromatic heterocycles. The highest BCUT2D eigenvalue weighted by atomic mass is 32.2. The Morgan fingerprint density at radius 3 is 2.76 bits per heavy atom. The number of urea groups is 1. The summed E-state index contributed by atoms with van der Waals surface area (Å²) in [5, 5.41) is 16.2. The molecule has 0 unspecified atom stereocenters. The quantitative estimate of drug-likeness (QED) is 0.636. The molecule has 1 heterocycles. The van der Waals surface area contributed by atoms with Gasteiger partial charge in [-0.25, -0.2) is 9.18 Å². The van der Waals surface area contributed by atoms with Crippen LogP contribution in [0.4, 0.5) is 20.0 Å². The lowest BCUT2D eigenvalue weighted by Crippen LogP contribution is -2.35. The van der Waals surface area contributed by atoms with Crippen LogP contribution >= 0.6 is 23.1 Å². The average molecular weight is 383 g/mol. The summed E-state index contributed by atoms with van der Waals surface area (Å²) >= 11 is 2.51. The number of imide groups is 1. The highest BCUT2D eigenvalue weighted by Crippen LogP contribution is 2.25. The van der Waals surface area contributed by atoms with Crippen LogP contribution in [0.3, 0.4) is 0 Å². The maximum Gasteiger partial charge on any atom is 0.325 e. The molecule has 25 heavy (non-hydrogen) atoms. The molecular formula is C15H18FN5O2S2. The first-order chi connectivity index (χ1) is 11.9. The molecule has 0 fully saturated rings. The Kier molecular flexibility index (Phi) is 7.14. The molecule has 0 bridgehead atoms. The van der Waals surface area contributed by atoms with Crippen LogP contribution in [0.1, 0.15) is 13.8 Å². The smallest absolute Gasteiger partial charge is 0.325 e. The van der Waals surface area contributed by atoms with E-state index in [1.54, 1.807) is 6.07 Å². The molecule has 1 aromatic carbocycles. The van der Waals surface area contributed by atoms with Crippen LogP contribution in [-0.4, -0.2) is 34.4 Å². The molecule has 0 aliphatic carbocycles. The van der Waals surface area contributed by atoms with Gasteiger partial charge in [0.2, 0.25) is 11.0 Å². The summed E-state index contributed by atoms with van der Waals surface area (Å²) < 4.78 is 14.0. The topological polar surface area (TPSA) is 96.0 Å². The van der Waals surface area contributed by atoms with E-state index in [2.05, 4.69) is 40.0 Å². The van der Waals surface area contributed by atoms with E-state index in [9.17, 15) is 14.0 Å². The number of amides is 3. The second-order valence-corrected chi connectivity index (χ2v) is 7.62. The van der Waals surface area contributed by atoms with Crippen LogP contribution in [0, 0.1) is 11.7 Å². The maximum absolute atomic E-state index is 13.4. The van der Waals surface area contributed by atoms with Gasteiger partial charge in [0.25, 0.3) is 0 Å². The standard InChI is InChI=1S/C15H18FN5O2S2/c1-9(2)7-17-14-20-21-15(25-14)24-8-12(22)19-13(23)18-11-6-4-3-5-10(11)16/h3-6,9H,7-8H2,1-2H3,(H,17,20)(H2,18,19,22,23). The predicted octanol–water partition coefficient (Wildman–Crippen LogP) is 3.19. The predicted molar refractivity (Wildman–Crippen MR) is 97.5 cm³/mol. The lowest BCUT2D eigenvalue weighted by atomic mass is 10.2. The molecule has 2 aromatic rings. The molecule has 0 aliphatic rings. The van der Waals surface area contributed by atoms with Gasteiger partial charge in [-0.1, -0.05) is 49.1 Å². The third-order valence-corrected chi connectivity index (χ3v) is 4.78. The lowest BCUT2D eigenvalue weighted by molar-refractivity contribution is -0.117. The van der Waals surface area contributed by atoms with Gasteiger partial charge >= 0.3 is 6.03 Å². The Bertz CT molecular complexity index is 738. The molecule has 3 amide bonds. The van der Waals surface area contributed by atoms with Crippen LogP contribution in [0.5, 0.6) is 0 Å². The summed E-state index contributed by atoms with van der Waals surface area (Å²) in [6.45, 7) is 4.96. The molecule has 0 saturated carbocycles. The van der Waals surface area contributed by atoms with Gasteiger partial charge in [0.15, 0.2) is 4.34 Å². The Morgan fingerprint density at radius 1 is 1.28 bits per heavy atom. The highest BCUT2D eigenvalue weighted by Gasteiger charge is 2.12. The zero-order valence-corrected chi connectivity index (χ0v) is 15.3. The summed E-state index contributed by atoms with van der Waals surface area (Å²) in [5.74, 6) is -0.594. The maximum atomic E-state index is 13.4. The van der Waals surface area contributed by atoms with Crippen molar-refractivity contribution in [1.29, 1.82) is 0 Å². The van der Waals surface area contributed by atoms with Crippen molar-refractivity contribution < 1.29 is 14.0 Å². The van der Waals surface area contributed by atoms with E-state index in [1.165, 1.54) is 41.3 Å². The Labute approximate surface area is 152 Å². The van der Waals surface area contributed by atoms with E-state index in [4.69, 9.17) is 0 Å². The van der Waals surface area contributed by atoms with Crippen molar-refractivity contribution >= 4 is 45.9 Å². The first-order valence-electron chi connectivity index (χ1n) is 7.49. The number of nitrogens with one attached hydrogen (secondary N) is 3. The third kappa shape index (κ3) is 6.67. The van der Waals surface area contributed by atoms with Crippen LogP contribution in [-0.2, 0) is 4.79 Å². The highest BCUT2D eigenvalue weighted by molar-refractivity contribution is 8.01. The number of nitrogens with zero attached hydrogens (tertiary/aromatic N) is 2. The SMILES string of the molecule is CC(C)CNc1nnc(SCC(=O)NC(=O)Nc2ccccc2F)s1. The normalized spacial score (nSPS) is 10.6. The van der Waals surface area contributed by atoms with E-state index in [-0.39, 0.29) is 11.4 Å². The van der Waals surface area contributed by atoms with E-state index in [0.717, 1.165) is 6.54 Å². The minimum atomic E-state index is -0.785. The van der Waals surface area contributed by atoms with E-state index in [0.29, 0.717) is 15.4 Å². The van der Waals surface area contributed by atoms with Crippen LogP contribution in [0.2, 0.25) is 0 Å². The van der Waals surface area contributed by atoms with Crippen molar-refractivity contribution in [1.82, 2.24) is 15.5 Å². The van der Waals surface area contributed by atoms with Gasteiger partial charge in [-0.15, -0.1) is 10.2 Å². The van der Waals surface area contributed by atoms with Crippen molar-refractivity contribution in [3.8, 4) is 0 Å². The Balaban J connectivity index is 1.75. The zero-order chi connectivity index (χ0) is 18.2. The molecule has 7 nitrogen and oxygen atoms in total. The molecule has 2 rings (SSSR count). The van der Waals surface area contributed by atoms with Crippen molar-refractivity contribution in [2.75, 3.05) is 22.9 Å². The van der Waals surface area contributed by atoms with E-state index < -0.39 is 17.8 Å². The molecule has 134 valence electrons. The summed E-state index contributed by atoms with van der Waals surface area (Å²) in [4.78, 5) is 23.5. The van der Waals surface area contributed by atoms with Crippen molar-refractivity contribution in [2.45, 2.75) is 18.2 Å². The average Bonchev–Trinajstić information content (AvgIpc) is 3.01. The number of carbonyl (C=O) groups is 2. The number of anilines is 2. The van der Waals surface area contributed by atoms with Gasteiger partial charge in [-0.2, -0.15) is 0 Å². The van der Waals surface area contributed by atoms with Gasteiger partial charge < -0.3 is 10.6 Å². The Morgan fingerprint density at radius 2 is 2.04 bits per heavy atom. The molecule has 0 radical (unpaired) electrons. The number of halogens is 1. The van der Waals surface area contributed by atoms with Gasteiger partial charge in [-0.3, -0.25) is 10.1 Å². The summed E-state index contributed by atoms with van der Waals surface area (Å²) in [6.07, 6.45) is 0. The number of benzene rings is 1. The monoisotopic (exact) mass is 383 g/mol. The summed E-state index contributed by atoms with van der Waals surface area (Å²) in [5.41, 5.74) is 0.00504. The second-order valence-electron chi connectivity index (χ2n) is 5.42. The fourth-order valence-corrected chi connectivity index (χ4v) is 3.20. The minimum Gasteiger partial charge on any atom is -0.360 e. The lowest BCUT2D eigenvalue weighted by Gasteiger charge is -2.06. The number of carbonyl (C=O) groups excluding carboxylic acids is 2. The van der Waals surface area contributed by atoms with Gasteiger partial charge in [0.05, 0.1) is 11.4 Å². The number of aromatic nitrogens is 2. The number of para-hydroxylation sites is 1. The van der Waals surface area contributed by atoms with Crippen LogP contribution < -0.4 is 16.0 Å².